The van der Waals surface area contributed by atoms with Gasteiger partial charge in [-0.05, 0) is 25.0 Å². The zero-order chi connectivity index (χ0) is 7.23. The maximum absolute atomic E-state index is 5.36. The molecule has 2 heteroatoms. The minimum absolute atomic E-state index is 0.760. The first-order chi connectivity index (χ1) is 4.93. The van der Waals surface area contributed by atoms with Crippen molar-refractivity contribution in [3.8, 4) is 0 Å². The van der Waals surface area contributed by atoms with Crippen LogP contribution in [0.4, 0.5) is 0 Å². The van der Waals surface area contributed by atoms with Crippen LogP contribution in [-0.2, 0) is 4.74 Å². The first-order valence-electron chi connectivity index (χ1n) is 3.49. The van der Waals surface area contributed by atoms with Crippen molar-refractivity contribution in [3.05, 3.63) is 24.0 Å². The van der Waals surface area contributed by atoms with Gasteiger partial charge in [-0.1, -0.05) is 22.0 Å². The lowest BCUT2D eigenvalue weighted by Crippen LogP contribution is -1.95. The van der Waals surface area contributed by atoms with Gasteiger partial charge in [-0.3, -0.25) is 0 Å². The van der Waals surface area contributed by atoms with Gasteiger partial charge in [0.2, 0.25) is 0 Å². The maximum Gasteiger partial charge on any atom is 0.115 e. The molecule has 0 saturated heterocycles. The lowest BCUT2D eigenvalue weighted by molar-refractivity contribution is 0.244. The van der Waals surface area contributed by atoms with E-state index in [-0.39, 0.29) is 0 Å². The summed E-state index contributed by atoms with van der Waals surface area (Å²) < 4.78 is 5.36. The minimum atomic E-state index is 0.760. The van der Waals surface area contributed by atoms with Crippen molar-refractivity contribution < 1.29 is 4.74 Å². The smallest absolute Gasteiger partial charge is 0.115 e. The molecule has 1 aliphatic rings. The molecular formula is C8H11BrO. The Morgan fingerprint density at radius 3 is 3.00 bits per heavy atom. The number of alkyl halides is 1. The molecule has 0 heterocycles. The van der Waals surface area contributed by atoms with Crippen LogP contribution in [0, 0.1) is 0 Å². The molecule has 0 fully saturated rings. The largest absolute Gasteiger partial charge is 0.493 e. The van der Waals surface area contributed by atoms with E-state index in [0.29, 0.717) is 0 Å². The third-order valence-corrected chi connectivity index (χ3v) is 1.63. The summed E-state index contributed by atoms with van der Waals surface area (Å²) in [4.78, 5) is 0. The Morgan fingerprint density at radius 1 is 1.50 bits per heavy atom. The molecule has 0 radical (unpaired) electrons. The zero-order valence-corrected chi connectivity index (χ0v) is 7.43. The molecule has 1 aliphatic carbocycles. The molecule has 56 valence electrons. The summed E-state index contributed by atoms with van der Waals surface area (Å²) in [6, 6.07) is 0. The highest BCUT2D eigenvalue weighted by atomic mass is 79.9. The number of ether oxygens (including phenoxy) is 1. The van der Waals surface area contributed by atoms with Crippen molar-refractivity contribution in [1.82, 2.24) is 0 Å². The minimum Gasteiger partial charge on any atom is -0.493 e. The topological polar surface area (TPSA) is 9.23 Å². The van der Waals surface area contributed by atoms with Crippen LogP contribution >= 0.6 is 15.9 Å². The molecule has 0 saturated carbocycles. The fraction of sp³-hybridized carbons (Fsp3) is 0.500. The summed E-state index contributed by atoms with van der Waals surface area (Å²) in [6.45, 7) is 0.760. The molecule has 0 aliphatic heterocycles. The summed E-state index contributed by atoms with van der Waals surface area (Å²) in [5, 5.41) is 0.901. The molecule has 0 bridgehead atoms. The molecule has 0 spiro atoms. The molecule has 0 unspecified atom stereocenters. The molecule has 0 aromatic carbocycles. The van der Waals surface area contributed by atoms with Crippen molar-refractivity contribution in [2.75, 3.05) is 11.9 Å². The molecule has 0 aromatic rings. The van der Waals surface area contributed by atoms with E-state index in [1.165, 1.54) is 0 Å². The van der Waals surface area contributed by atoms with Gasteiger partial charge < -0.3 is 4.74 Å². The highest BCUT2D eigenvalue weighted by Gasteiger charge is 1.95. The van der Waals surface area contributed by atoms with Crippen molar-refractivity contribution in [3.63, 3.8) is 0 Å². The average Bonchev–Trinajstić information content (AvgIpc) is 2.03. The number of rotatable bonds is 3. The Bertz CT molecular complexity index is 149. The standard InChI is InChI=1S/C8H11BrO/c9-6-7-10-8-4-2-1-3-5-8/h2,4-5H,1,3,6-7H2. The molecule has 0 aromatic heterocycles. The number of hydrogen-bond donors (Lipinski definition) is 0. The summed E-state index contributed by atoms with van der Waals surface area (Å²) in [5.74, 6) is 1.02. The van der Waals surface area contributed by atoms with Gasteiger partial charge in [0.1, 0.15) is 5.76 Å². The van der Waals surface area contributed by atoms with E-state index in [4.69, 9.17) is 4.74 Å². The first kappa shape index (κ1) is 7.86. The van der Waals surface area contributed by atoms with Crippen LogP contribution in [0.25, 0.3) is 0 Å². The molecule has 1 nitrogen and oxygen atoms in total. The van der Waals surface area contributed by atoms with Crippen LogP contribution in [0.5, 0.6) is 0 Å². The SMILES string of the molecule is BrCCOC1=CCCC=C1. The molecule has 1 rings (SSSR count). The maximum atomic E-state index is 5.36. The van der Waals surface area contributed by atoms with E-state index in [0.717, 1.165) is 30.5 Å². The molecule has 0 atom stereocenters. The van der Waals surface area contributed by atoms with Gasteiger partial charge in [-0.2, -0.15) is 0 Å². The van der Waals surface area contributed by atoms with E-state index in [1.807, 2.05) is 6.08 Å². The third-order valence-electron chi connectivity index (χ3n) is 1.31. The molecular weight excluding hydrogens is 192 g/mol. The second-order valence-corrected chi connectivity index (χ2v) is 2.92. The highest BCUT2D eigenvalue weighted by Crippen LogP contribution is 2.10. The zero-order valence-electron chi connectivity index (χ0n) is 5.85. The van der Waals surface area contributed by atoms with Crippen molar-refractivity contribution in [1.29, 1.82) is 0 Å². The van der Waals surface area contributed by atoms with Gasteiger partial charge in [0, 0.05) is 5.33 Å². The quantitative estimate of drug-likeness (QED) is 0.640. The third kappa shape index (κ3) is 2.56. The number of halogens is 1. The van der Waals surface area contributed by atoms with Gasteiger partial charge in [-0.25, -0.2) is 0 Å². The number of hydrogen-bond acceptors (Lipinski definition) is 1. The summed E-state index contributed by atoms with van der Waals surface area (Å²) >= 11 is 3.30. The number of allylic oxidation sites excluding steroid dienone is 3. The van der Waals surface area contributed by atoms with Crippen molar-refractivity contribution >= 4 is 15.9 Å². The van der Waals surface area contributed by atoms with Gasteiger partial charge in [0.15, 0.2) is 0 Å². The van der Waals surface area contributed by atoms with Crippen LogP contribution in [0.2, 0.25) is 0 Å². The van der Waals surface area contributed by atoms with Gasteiger partial charge in [0.05, 0.1) is 6.61 Å². The summed E-state index contributed by atoms with van der Waals surface area (Å²) in [7, 11) is 0. The van der Waals surface area contributed by atoms with E-state index in [1.54, 1.807) is 0 Å². The Hall–Kier alpha value is -0.240. The van der Waals surface area contributed by atoms with Gasteiger partial charge in [0.25, 0.3) is 0 Å². The molecule has 10 heavy (non-hydrogen) atoms. The van der Waals surface area contributed by atoms with Crippen LogP contribution in [0.1, 0.15) is 12.8 Å². The second kappa shape index (κ2) is 4.56. The van der Waals surface area contributed by atoms with Gasteiger partial charge >= 0.3 is 0 Å². The normalized spacial score (nSPS) is 16.7. The highest BCUT2D eigenvalue weighted by molar-refractivity contribution is 9.09. The van der Waals surface area contributed by atoms with Crippen LogP contribution in [-0.4, -0.2) is 11.9 Å². The van der Waals surface area contributed by atoms with E-state index < -0.39 is 0 Å². The summed E-state index contributed by atoms with van der Waals surface area (Å²) in [5.41, 5.74) is 0. The fourth-order valence-electron chi connectivity index (χ4n) is 0.853. The van der Waals surface area contributed by atoms with Crippen molar-refractivity contribution in [2.45, 2.75) is 12.8 Å². The molecule has 0 N–H and O–H groups in total. The predicted molar refractivity (Wildman–Crippen MR) is 46.2 cm³/mol. The van der Waals surface area contributed by atoms with Crippen LogP contribution in [0.3, 0.4) is 0 Å². The Labute approximate surface area is 69.9 Å². The fourth-order valence-corrected chi connectivity index (χ4v) is 1.01. The van der Waals surface area contributed by atoms with E-state index >= 15 is 0 Å². The van der Waals surface area contributed by atoms with Crippen molar-refractivity contribution in [2.24, 2.45) is 0 Å². The molecule has 0 amide bonds. The van der Waals surface area contributed by atoms with Crippen LogP contribution < -0.4 is 0 Å². The lowest BCUT2D eigenvalue weighted by Gasteiger charge is -2.07. The predicted octanol–water partition coefficient (Wildman–Crippen LogP) is 2.63. The van der Waals surface area contributed by atoms with Gasteiger partial charge in [-0.15, -0.1) is 0 Å². The Balaban J connectivity index is 2.26. The first-order valence-corrected chi connectivity index (χ1v) is 4.61. The van der Waals surface area contributed by atoms with E-state index in [2.05, 4.69) is 28.1 Å². The van der Waals surface area contributed by atoms with Crippen LogP contribution in [0.15, 0.2) is 24.0 Å². The Kier molecular flexibility index (Phi) is 3.58. The van der Waals surface area contributed by atoms with E-state index in [9.17, 15) is 0 Å². The second-order valence-electron chi connectivity index (χ2n) is 2.12. The Morgan fingerprint density at radius 2 is 2.40 bits per heavy atom. The summed E-state index contributed by atoms with van der Waals surface area (Å²) in [6.07, 6.45) is 8.58. The monoisotopic (exact) mass is 202 g/mol. The average molecular weight is 203 g/mol. The lowest BCUT2D eigenvalue weighted by atomic mass is 10.2.